The summed E-state index contributed by atoms with van der Waals surface area (Å²) in [6.45, 7) is 1.99. The van der Waals surface area contributed by atoms with E-state index in [1.807, 2.05) is 0 Å². The van der Waals surface area contributed by atoms with E-state index in [0.29, 0.717) is 12.2 Å². The van der Waals surface area contributed by atoms with Crippen LogP contribution in [0, 0.1) is 6.92 Å². The summed E-state index contributed by atoms with van der Waals surface area (Å²) in [5.41, 5.74) is 0.789. The average molecular weight is 185 g/mol. The number of aliphatic hydroxyl groups excluding tert-OH is 1. The quantitative estimate of drug-likeness (QED) is 0.634. The molecule has 6 heteroatoms. The molecule has 1 rings (SSSR count). The van der Waals surface area contributed by atoms with Crippen LogP contribution in [0.2, 0.25) is 0 Å². The Morgan fingerprint density at radius 2 is 2.38 bits per heavy atom. The van der Waals surface area contributed by atoms with Gasteiger partial charge in [0.05, 0.1) is 26.0 Å². The largest absolute Gasteiger partial charge is 0.464 e. The lowest BCUT2D eigenvalue weighted by Crippen LogP contribution is -2.08. The van der Waals surface area contributed by atoms with Crippen molar-refractivity contribution in [2.75, 3.05) is 13.7 Å². The summed E-state index contributed by atoms with van der Waals surface area (Å²) in [4.78, 5) is 11.1. The number of nitrogens with zero attached hydrogens (tertiary/aromatic N) is 3. The molecule has 1 N–H and O–H groups in total. The molecule has 0 atom stereocenters. The van der Waals surface area contributed by atoms with E-state index in [-0.39, 0.29) is 12.3 Å². The zero-order valence-electron chi connectivity index (χ0n) is 7.52. The van der Waals surface area contributed by atoms with Gasteiger partial charge in [-0.15, -0.1) is 5.10 Å². The van der Waals surface area contributed by atoms with Gasteiger partial charge >= 0.3 is 5.97 Å². The van der Waals surface area contributed by atoms with Gasteiger partial charge < -0.3 is 9.84 Å². The van der Waals surface area contributed by atoms with E-state index in [1.54, 1.807) is 6.92 Å². The van der Waals surface area contributed by atoms with Crippen molar-refractivity contribution >= 4 is 5.97 Å². The molecule has 0 aliphatic rings. The maximum absolute atomic E-state index is 11.1. The van der Waals surface area contributed by atoms with Gasteiger partial charge in [0, 0.05) is 0 Å². The van der Waals surface area contributed by atoms with Gasteiger partial charge in [-0.3, -0.25) is 0 Å². The topological polar surface area (TPSA) is 77.2 Å². The van der Waals surface area contributed by atoms with Crippen LogP contribution in [0.1, 0.15) is 16.2 Å². The van der Waals surface area contributed by atoms with Crippen LogP contribution < -0.4 is 0 Å². The van der Waals surface area contributed by atoms with Crippen molar-refractivity contribution in [1.82, 2.24) is 15.0 Å². The monoisotopic (exact) mass is 185 g/mol. The second-order valence-electron chi connectivity index (χ2n) is 2.46. The number of carbonyl (C=O) groups is 1. The van der Waals surface area contributed by atoms with Crippen molar-refractivity contribution in [2.24, 2.45) is 0 Å². The molecular weight excluding hydrogens is 174 g/mol. The molecule has 1 heterocycles. The van der Waals surface area contributed by atoms with Crippen molar-refractivity contribution in [3.63, 3.8) is 0 Å². The van der Waals surface area contributed by atoms with E-state index < -0.39 is 5.97 Å². The van der Waals surface area contributed by atoms with Gasteiger partial charge in [-0.2, -0.15) is 0 Å². The molecule has 72 valence electrons. The van der Waals surface area contributed by atoms with Crippen LogP contribution in [0.25, 0.3) is 0 Å². The number of ether oxygens (including phenoxy) is 1. The molecule has 0 fully saturated rings. The van der Waals surface area contributed by atoms with E-state index in [4.69, 9.17) is 5.11 Å². The number of rotatable bonds is 3. The fourth-order valence-corrected chi connectivity index (χ4v) is 0.953. The van der Waals surface area contributed by atoms with Crippen LogP contribution in [-0.4, -0.2) is 39.8 Å². The minimum absolute atomic E-state index is 0.0369. The highest BCUT2D eigenvalue weighted by molar-refractivity contribution is 5.88. The first-order chi connectivity index (χ1) is 6.20. The van der Waals surface area contributed by atoms with Crippen molar-refractivity contribution in [3.05, 3.63) is 11.4 Å². The van der Waals surface area contributed by atoms with Crippen LogP contribution in [0.5, 0.6) is 0 Å². The van der Waals surface area contributed by atoms with E-state index in [9.17, 15) is 4.79 Å². The summed E-state index contributed by atoms with van der Waals surface area (Å²) in [5, 5.41) is 16.0. The van der Waals surface area contributed by atoms with Gasteiger partial charge in [0.2, 0.25) is 0 Å². The highest BCUT2D eigenvalue weighted by Crippen LogP contribution is 2.04. The normalized spacial score (nSPS) is 10.1. The van der Waals surface area contributed by atoms with E-state index >= 15 is 0 Å². The minimum Gasteiger partial charge on any atom is -0.464 e. The Kier molecular flexibility index (Phi) is 2.97. The number of methoxy groups -OCH3 is 1. The lowest BCUT2D eigenvalue weighted by molar-refractivity contribution is 0.0593. The van der Waals surface area contributed by atoms with Crippen LogP contribution >= 0.6 is 0 Å². The predicted molar refractivity (Wildman–Crippen MR) is 43.2 cm³/mol. The molecule has 0 saturated carbocycles. The Bertz CT molecular complexity index is 308. The third-order valence-corrected chi connectivity index (χ3v) is 1.67. The maximum Gasteiger partial charge on any atom is 0.360 e. The summed E-state index contributed by atoms with van der Waals surface area (Å²) in [7, 11) is 1.28. The van der Waals surface area contributed by atoms with E-state index in [1.165, 1.54) is 11.8 Å². The number of hydrogen-bond acceptors (Lipinski definition) is 5. The summed E-state index contributed by atoms with van der Waals surface area (Å²) >= 11 is 0. The Balaban J connectivity index is 2.92. The number of carbonyl (C=O) groups excluding carboxylic acids is 1. The van der Waals surface area contributed by atoms with E-state index in [2.05, 4.69) is 15.0 Å². The standard InChI is InChI=1S/C7H11N3O3/c1-5-6(7(12)13-2)8-9-10(5)3-4-11/h11H,3-4H2,1-2H3. The number of aromatic nitrogens is 3. The van der Waals surface area contributed by atoms with Gasteiger partial charge in [0.15, 0.2) is 5.69 Å². The third-order valence-electron chi connectivity index (χ3n) is 1.67. The maximum atomic E-state index is 11.1. The van der Waals surface area contributed by atoms with Crippen molar-refractivity contribution < 1.29 is 14.6 Å². The first-order valence-corrected chi connectivity index (χ1v) is 3.80. The minimum atomic E-state index is -0.512. The molecule has 1 aromatic heterocycles. The molecule has 0 aliphatic heterocycles. The first-order valence-electron chi connectivity index (χ1n) is 3.80. The number of hydrogen-bond donors (Lipinski definition) is 1. The molecule has 0 aromatic carbocycles. The Hall–Kier alpha value is -1.43. The fraction of sp³-hybridized carbons (Fsp3) is 0.571. The smallest absolute Gasteiger partial charge is 0.360 e. The summed E-state index contributed by atoms with van der Waals surface area (Å²) in [6, 6.07) is 0. The summed E-state index contributed by atoms with van der Waals surface area (Å²) in [6.07, 6.45) is 0. The molecule has 0 radical (unpaired) electrons. The molecule has 0 unspecified atom stereocenters. The molecule has 0 bridgehead atoms. The lowest BCUT2D eigenvalue weighted by Gasteiger charge is -1.99. The van der Waals surface area contributed by atoms with Gasteiger partial charge in [-0.1, -0.05) is 5.21 Å². The van der Waals surface area contributed by atoms with Gasteiger partial charge in [0.25, 0.3) is 0 Å². The zero-order chi connectivity index (χ0) is 9.84. The van der Waals surface area contributed by atoms with Crippen LogP contribution in [0.3, 0.4) is 0 Å². The number of esters is 1. The predicted octanol–water partition coefficient (Wildman–Crippen LogP) is -0.635. The molecule has 13 heavy (non-hydrogen) atoms. The summed E-state index contributed by atoms with van der Waals surface area (Å²) in [5.74, 6) is -0.512. The highest BCUT2D eigenvalue weighted by Gasteiger charge is 2.15. The SMILES string of the molecule is COC(=O)c1nnn(CCO)c1C. The van der Waals surface area contributed by atoms with Crippen LogP contribution in [0.15, 0.2) is 0 Å². The molecule has 1 aromatic rings. The van der Waals surface area contributed by atoms with E-state index in [0.717, 1.165) is 0 Å². The van der Waals surface area contributed by atoms with Crippen molar-refractivity contribution in [1.29, 1.82) is 0 Å². The second-order valence-corrected chi connectivity index (χ2v) is 2.46. The Morgan fingerprint density at radius 3 is 2.92 bits per heavy atom. The lowest BCUT2D eigenvalue weighted by atomic mass is 10.3. The van der Waals surface area contributed by atoms with Crippen molar-refractivity contribution in [3.8, 4) is 0 Å². The first kappa shape index (κ1) is 9.66. The zero-order valence-corrected chi connectivity index (χ0v) is 7.52. The Morgan fingerprint density at radius 1 is 1.69 bits per heavy atom. The summed E-state index contributed by atoms with van der Waals surface area (Å²) < 4.78 is 5.94. The molecular formula is C7H11N3O3. The van der Waals surface area contributed by atoms with Crippen molar-refractivity contribution in [2.45, 2.75) is 13.5 Å². The highest BCUT2D eigenvalue weighted by atomic mass is 16.5. The van der Waals surface area contributed by atoms with Gasteiger partial charge in [0.1, 0.15) is 0 Å². The molecule has 0 aliphatic carbocycles. The number of aliphatic hydroxyl groups is 1. The molecule has 0 spiro atoms. The van der Waals surface area contributed by atoms with Gasteiger partial charge in [-0.25, -0.2) is 9.48 Å². The second kappa shape index (κ2) is 3.99. The third kappa shape index (κ3) is 1.83. The molecule has 6 nitrogen and oxygen atoms in total. The van der Waals surface area contributed by atoms with Crippen LogP contribution in [-0.2, 0) is 11.3 Å². The fourth-order valence-electron chi connectivity index (χ4n) is 0.953. The van der Waals surface area contributed by atoms with Crippen LogP contribution in [0.4, 0.5) is 0 Å². The average Bonchev–Trinajstić information content (AvgIpc) is 2.48. The Labute approximate surface area is 75.1 Å². The molecule has 0 amide bonds. The van der Waals surface area contributed by atoms with Gasteiger partial charge in [-0.05, 0) is 6.92 Å². The molecule has 0 saturated heterocycles.